The molecule has 1 aromatic heterocycles. The van der Waals surface area contributed by atoms with Gasteiger partial charge in [-0.1, -0.05) is 0 Å². The van der Waals surface area contributed by atoms with Crippen molar-refractivity contribution in [3.8, 4) is 11.8 Å². The summed E-state index contributed by atoms with van der Waals surface area (Å²) >= 11 is 1.53. The molecule has 0 aliphatic rings. The molecular formula is C7H3F3IN3O. The molecule has 1 heterocycles. The van der Waals surface area contributed by atoms with Crippen LogP contribution in [0.4, 0.5) is 19.0 Å². The number of nitriles is 1. The first kappa shape index (κ1) is 11.8. The van der Waals surface area contributed by atoms with Gasteiger partial charge in [-0.25, -0.2) is 4.98 Å². The number of nitrogens with zero attached hydrogens (tertiary/aromatic N) is 2. The summed E-state index contributed by atoms with van der Waals surface area (Å²) in [7, 11) is 0. The van der Waals surface area contributed by atoms with Crippen molar-refractivity contribution in [3.63, 3.8) is 0 Å². The fourth-order valence-electron chi connectivity index (χ4n) is 0.798. The molecule has 4 nitrogen and oxygen atoms in total. The predicted molar refractivity (Wildman–Crippen MR) is 52.8 cm³/mol. The number of alkyl halides is 3. The Labute approximate surface area is 96.0 Å². The minimum Gasteiger partial charge on any atom is -0.404 e. The van der Waals surface area contributed by atoms with Crippen molar-refractivity contribution in [2.45, 2.75) is 6.36 Å². The van der Waals surface area contributed by atoms with Crippen LogP contribution in [0.5, 0.6) is 5.75 Å². The van der Waals surface area contributed by atoms with E-state index >= 15 is 0 Å². The highest BCUT2D eigenvalue weighted by Gasteiger charge is 2.32. The van der Waals surface area contributed by atoms with Gasteiger partial charge < -0.3 is 10.5 Å². The molecule has 0 fully saturated rings. The van der Waals surface area contributed by atoms with E-state index in [9.17, 15) is 13.2 Å². The molecule has 80 valence electrons. The Kier molecular flexibility index (Phi) is 3.23. The number of nitrogens with two attached hydrogens (primary N) is 1. The zero-order valence-electron chi connectivity index (χ0n) is 6.97. The Morgan fingerprint density at radius 2 is 2.13 bits per heavy atom. The molecule has 0 amide bonds. The van der Waals surface area contributed by atoms with Gasteiger partial charge in [0.25, 0.3) is 0 Å². The first-order valence-electron chi connectivity index (χ1n) is 3.45. The molecular weight excluding hydrogens is 326 g/mol. The van der Waals surface area contributed by atoms with Crippen molar-refractivity contribution in [2.24, 2.45) is 0 Å². The Bertz CT molecular complexity index is 427. The van der Waals surface area contributed by atoms with E-state index in [1.165, 1.54) is 22.6 Å². The van der Waals surface area contributed by atoms with Gasteiger partial charge in [0.05, 0.1) is 3.57 Å². The Hall–Kier alpha value is -1.24. The molecule has 2 N–H and O–H groups in total. The Balaban J connectivity index is 3.20. The summed E-state index contributed by atoms with van der Waals surface area (Å²) in [5.41, 5.74) is 5.01. The quantitative estimate of drug-likeness (QED) is 0.801. The summed E-state index contributed by atoms with van der Waals surface area (Å²) in [6, 6.07) is 2.53. The molecule has 0 bridgehead atoms. The highest BCUT2D eigenvalue weighted by molar-refractivity contribution is 14.1. The van der Waals surface area contributed by atoms with Crippen LogP contribution >= 0.6 is 22.6 Å². The number of rotatable bonds is 1. The number of anilines is 1. The molecule has 0 spiro atoms. The van der Waals surface area contributed by atoms with E-state index in [-0.39, 0.29) is 15.1 Å². The maximum absolute atomic E-state index is 11.9. The van der Waals surface area contributed by atoms with E-state index in [1.54, 1.807) is 6.07 Å². The summed E-state index contributed by atoms with van der Waals surface area (Å²) in [4.78, 5) is 3.54. The lowest BCUT2D eigenvalue weighted by Gasteiger charge is -2.11. The summed E-state index contributed by atoms with van der Waals surface area (Å²) in [6.07, 6.45) is -4.82. The highest BCUT2D eigenvalue weighted by atomic mass is 127. The highest BCUT2D eigenvalue weighted by Crippen LogP contribution is 2.30. The van der Waals surface area contributed by atoms with Gasteiger partial charge in [-0.15, -0.1) is 13.2 Å². The van der Waals surface area contributed by atoms with Crippen LogP contribution in [0.3, 0.4) is 0 Å². The number of nitrogen functional groups attached to an aromatic ring is 1. The standard InChI is InChI=1S/C7H3F3IN3O/c8-7(9,10)15-4-1-5(13)14-3(2-12)6(4)11/h1H,(H2,13,14). The zero-order chi connectivity index (χ0) is 11.6. The molecule has 0 saturated carbocycles. The van der Waals surface area contributed by atoms with Gasteiger partial charge in [0.2, 0.25) is 0 Å². The van der Waals surface area contributed by atoms with Crippen LogP contribution in [-0.4, -0.2) is 11.3 Å². The van der Waals surface area contributed by atoms with Crippen LogP contribution in [0.2, 0.25) is 0 Å². The molecule has 0 aliphatic heterocycles. The van der Waals surface area contributed by atoms with E-state index in [2.05, 4.69) is 9.72 Å². The average molecular weight is 329 g/mol. The molecule has 8 heteroatoms. The molecule has 0 saturated heterocycles. The fraction of sp³-hybridized carbons (Fsp3) is 0.143. The molecule has 0 radical (unpaired) electrons. The van der Waals surface area contributed by atoms with Gasteiger partial charge in [0.1, 0.15) is 17.6 Å². The zero-order valence-corrected chi connectivity index (χ0v) is 9.13. The number of aromatic nitrogens is 1. The monoisotopic (exact) mass is 329 g/mol. The third-order valence-electron chi connectivity index (χ3n) is 1.28. The molecule has 0 atom stereocenters. The van der Waals surface area contributed by atoms with Crippen LogP contribution in [0.1, 0.15) is 5.69 Å². The minimum absolute atomic E-state index is 0.0263. The SMILES string of the molecule is N#Cc1nc(N)cc(OC(F)(F)F)c1I. The maximum Gasteiger partial charge on any atom is 0.573 e. The second-order valence-corrected chi connectivity index (χ2v) is 3.45. The van der Waals surface area contributed by atoms with Crippen molar-refractivity contribution in [1.82, 2.24) is 4.98 Å². The van der Waals surface area contributed by atoms with E-state index in [4.69, 9.17) is 11.0 Å². The van der Waals surface area contributed by atoms with Gasteiger partial charge >= 0.3 is 6.36 Å². The maximum atomic E-state index is 11.9. The van der Waals surface area contributed by atoms with Crippen molar-refractivity contribution < 1.29 is 17.9 Å². The molecule has 15 heavy (non-hydrogen) atoms. The lowest BCUT2D eigenvalue weighted by atomic mass is 10.3. The van der Waals surface area contributed by atoms with Crippen LogP contribution in [0, 0.1) is 14.9 Å². The molecule has 1 aromatic rings. The van der Waals surface area contributed by atoms with Crippen LogP contribution < -0.4 is 10.5 Å². The van der Waals surface area contributed by atoms with Crippen molar-refractivity contribution in [3.05, 3.63) is 15.3 Å². The normalized spacial score (nSPS) is 10.9. The Morgan fingerprint density at radius 1 is 1.53 bits per heavy atom. The summed E-state index contributed by atoms with van der Waals surface area (Å²) in [5, 5.41) is 8.56. The topological polar surface area (TPSA) is 71.9 Å². The van der Waals surface area contributed by atoms with E-state index < -0.39 is 12.1 Å². The first-order valence-corrected chi connectivity index (χ1v) is 4.53. The summed E-state index contributed by atoms with van der Waals surface area (Å²) < 4.78 is 39.4. The molecule has 0 aromatic carbocycles. The van der Waals surface area contributed by atoms with Crippen molar-refractivity contribution in [1.29, 1.82) is 5.26 Å². The Morgan fingerprint density at radius 3 is 2.60 bits per heavy atom. The first-order chi connectivity index (χ1) is 6.83. The molecule has 1 rings (SSSR count). The van der Waals surface area contributed by atoms with Gasteiger partial charge in [0, 0.05) is 6.07 Å². The van der Waals surface area contributed by atoms with Gasteiger partial charge in [-0.2, -0.15) is 5.26 Å². The van der Waals surface area contributed by atoms with Gasteiger partial charge in [-0.05, 0) is 22.6 Å². The number of hydrogen-bond donors (Lipinski definition) is 1. The summed E-state index contributed by atoms with van der Waals surface area (Å²) in [5.74, 6) is -0.724. The van der Waals surface area contributed by atoms with E-state index in [0.29, 0.717) is 0 Å². The largest absolute Gasteiger partial charge is 0.573 e. The number of ether oxygens (including phenoxy) is 1. The van der Waals surface area contributed by atoms with Gasteiger partial charge in [-0.3, -0.25) is 0 Å². The van der Waals surface area contributed by atoms with Crippen LogP contribution in [0.25, 0.3) is 0 Å². The lowest BCUT2D eigenvalue weighted by molar-refractivity contribution is -0.274. The third-order valence-corrected chi connectivity index (χ3v) is 2.32. The number of hydrogen-bond acceptors (Lipinski definition) is 4. The second-order valence-electron chi connectivity index (χ2n) is 2.37. The van der Waals surface area contributed by atoms with Crippen molar-refractivity contribution >= 4 is 28.4 Å². The lowest BCUT2D eigenvalue weighted by Crippen LogP contribution is -2.18. The molecule has 0 unspecified atom stereocenters. The van der Waals surface area contributed by atoms with Crippen molar-refractivity contribution in [2.75, 3.05) is 5.73 Å². The number of pyridine rings is 1. The second kappa shape index (κ2) is 4.09. The van der Waals surface area contributed by atoms with Crippen LogP contribution in [-0.2, 0) is 0 Å². The van der Waals surface area contributed by atoms with E-state index in [0.717, 1.165) is 6.07 Å². The predicted octanol–water partition coefficient (Wildman–Crippen LogP) is 2.04. The third kappa shape index (κ3) is 3.12. The minimum atomic E-state index is -4.82. The molecule has 0 aliphatic carbocycles. The van der Waals surface area contributed by atoms with Crippen LogP contribution in [0.15, 0.2) is 6.07 Å². The smallest absolute Gasteiger partial charge is 0.404 e. The average Bonchev–Trinajstić information content (AvgIpc) is 2.08. The van der Waals surface area contributed by atoms with Gasteiger partial charge in [0.15, 0.2) is 5.69 Å². The number of halogens is 4. The van der Waals surface area contributed by atoms with E-state index in [1.807, 2.05) is 0 Å². The fourth-order valence-corrected chi connectivity index (χ4v) is 1.30. The summed E-state index contributed by atoms with van der Waals surface area (Å²) in [6.45, 7) is 0.